The summed E-state index contributed by atoms with van der Waals surface area (Å²) in [7, 11) is -3.67. The number of hydrogen-bond donors (Lipinski definition) is 0. The van der Waals surface area contributed by atoms with Crippen LogP contribution in [0.5, 0.6) is 5.88 Å². The molecular weight excluding hydrogens is 451 g/mol. The number of alkyl halides is 3. The molecule has 1 amide bonds. The number of carbonyl (C=O) groups is 1. The lowest BCUT2D eigenvalue weighted by molar-refractivity contribution is -0.140. The minimum atomic E-state index is -4.59. The first kappa shape index (κ1) is 22.5. The fourth-order valence-electron chi connectivity index (χ4n) is 3.42. The lowest BCUT2D eigenvalue weighted by Crippen LogP contribution is -2.56. The minimum absolute atomic E-state index is 0.0793. The zero-order chi connectivity index (χ0) is 22.9. The van der Waals surface area contributed by atoms with Gasteiger partial charge in [0.2, 0.25) is 15.9 Å². The van der Waals surface area contributed by atoms with Gasteiger partial charge in [0.15, 0.2) is 0 Å². The van der Waals surface area contributed by atoms with Gasteiger partial charge in [-0.1, -0.05) is 0 Å². The molecule has 2 aliphatic rings. The molecule has 1 aromatic carbocycles. The maximum Gasteiger partial charge on any atom is 0.421 e. The highest BCUT2D eigenvalue weighted by molar-refractivity contribution is 7.89. The van der Waals surface area contributed by atoms with Gasteiger partial charge in [-0.15, -0.1) is 0 Å². The summed E-state index contributed by atoms with van der Waals surface area (Å²) >= 11 is 0. The highest BCUT2D eigenvalue weighted by Crippen LogP contribution is 2.35. The Morgan fingerprint density at radius 2 is 1.75 bits per heavy atom. The summed E-state index contributed by atoms with van der Waals surface area (Å²) in [4.78, 5) is 17.8. The van der Waals surface area contributed by atoms with E-state index >= 15 is 0 Å². The summed E-state index contributed by atoms with van der Waals surface area (Å²) in [6.07, 6.45) is -4.00. The highest BCUT2D eigenvalue weighted by atomic mass is 32.2. The Bertz CT molecular complexity index is 1080. The largest absolute Gasteiger partial charge is 0.470 e. The molecule has 0 unspecified atom stereocenters. The van der Waals surface area contributed by atoms with Crippen molar-refractivity contribution in [2.45, 2.75) is 17.2 Å². The standard InChI is InChI=1S/C20H20F3N3O5S/c21-20(22,23)17-2-1-7-24-18(17)31-15-12-25(13-15)19(27)14-3-5-16(6-4-14)32(28,29)26-8-10-30-11-9-26/h1-7,15H,8-13H2. The summed E-state index contributed by atoms with van der Waals surface area (Å²) in [5.74, 6) is -0.882. The molecule has 0 spiro atoms. The molecule has 2 aromatic rings. The monoisotopic (exact) mass is 471 g/mol. The quantitative estimate of drug-likeness (QED) is 0.663. The van der Waals surface area contributed by atoms with Gasteiger partial charge < -0.3 is 14.4 Å². The third-order valence-corrected chi connectivity index (χ3v) is 7.11. The molecule has 0 N–H and O–H groups in total. The van der Waals surface area contributed by atoms with Gasteiger partial charge in [0, 0.05) is 24.8 Å². The molecule has 2 aliphatic heterocycles. The van der Waals surface area contributed by atoms with Gasteiger partial charge in [-0.2, -0.15) is 17.5 Å². The molecule has 3 heterocycles. The van der Waals surface area contributed by atoms with Crippen molar-refractivity contribution in [3.63, 3.8) is 0 Å². The third-order valence-electron chi connectivity index (χ3n) is 5.20. The number of morpholine rings is 1. The van der Waals surface area contributed by atoms with Crippen LogP contribution in [0.4, 0.5) is 13.2 Å². The first-order valence-corrected chi connectivity index (χ1v) is 11.3. The Labute approximate surface area is 182 Å². The molecule has 0 saturated carbocycles. The van der Waals surface area contributed by atoms with E-state index < -0.39 is 33.7 Å². The van der Waals surface area contributed by atoms with Crippen LogP contribution >= 0.6 is 0 Å². The molecule has 2 saturated heterocycles. The molecule has 2 fully saturated rings. The first-order chi connectivity index (χ1) is 15.2. The fraction of sp³-hybridized carbons (Fsp3) is 0.400. The average molecular weight is 471 g/mol. The van der Waals surface area contributed by atoms with Crippen LogP contribution < -0.4 is 4.74 Å². The molecular formula is C20H20F3N3O5S. The minimum Gasteiger partial charge on any atom is -0.470 e. The summed E-state index contributed by atoms with van der Waals surface area (Å²) in [6, 6.07) is 7.64. The van der Waals surface area contributed by atoms with Gasteiger partial charge in [-0.3, -0.25) is 4.79 Å². The molecule has 172 valence electrons. The number of halogens is 3. The fourth-order valence-corrected chi connectivity index (χ4v) is 4.83. The molecule has 1 aromatic heterocycles. The van der Waals surface area contributed by atoms with E-state index in [0.29, 0.717) is 13.2 Å². The summed E-state index contributed by atoms with van der Waals surface area (Å²) in [5, 5.41) is 0. The van der Waals surface area contributed by atoms with Crippen LogP contribution in [0.25, 0.3) is 0 Å². The number of rotatable bonds is 5. The Morgan fingerprint density at radius 1 is 1.09 bits per heavy atom. The van der Waals surface area contributed by atoms with Gasteiger partial charge in [0.05, 0.1) is 31.2 Å². The van der Waals surface area contributed by atoms with E-state index in [1.807, 2.05) is 0 Å². The highest BCUT2D eigenvalue weighted by Gasteiger charge is 2.38. The molecule has 0 atom stereocenters. The predicted octanol–water partition coefficient (Wildman–Crippen LogP) is 2.02. The molecule has 0 aliphatic carbocycles. The summed E-state index contributed by atoms with van der Waals surface area (Å²) < 4.78 is 76.3. The van der Waals surface area contributed by atoms with E-state index in [2.05, 4.69) is 4.98 Å². The predicted molar refractivity (Wildman–Crippen MR) is 106 cm³/mol. The Hall–Kier alpha value is -2.70. The lowest BCUT2D eigenvalue weighted by Gasteiger charge is -2.39. The summed E-state index contributed by atoms with van der Waals surface area (Å²) in [5.41, 5.74) is -0.694. The molecule has 0 radical (unpaired) electrons. The molecule has 4 rings (SSSR count). The van der Waals surface area contributed by atoms with Gasteiger partial charge in [0.1, 0.15) is 11.7 Å². The van der Waals surface area contributed by atoms with Crippen LogP contribution in [-0.2, 0) is 20.9 Å². The number of carbonyl (C=O) groups excluding carboxylic acids is 1. The Morgan fingerprint density at radius 3 is 2.38 bits per heavy atom. The van der Waals surface area contributed by atoms with E-state index in [1.165, 1.54) is 45.7 Å². The number of ether oxygens (including phenoxy) is 2. The second kappa shape index (κ2) is 8.68. The maximum absolute atomic E-state index is 13.0. The van der Waals surface area contributed by atoms with Crippen molar-refractivity contribution in [1.29, 1.82) is 0 Å². The number of benzene rings is 1. The van der Waals surface area contributed by atoms with Crippen molar-refractivity contribution in [2.75, 3.05) is 39.4 Å². The van der Waals surface area contributed by atoms with Crippen LogP contribution in [-0.4, -0.2) is 74.0 Å². The Kier molecular flexibility index (Phi) is 6.10. The van der Waals surface area contributed by atoms with E-state index in [4.69, 9.17) is 9.47 Å². The number of pyridine rings is 1. The average Bonchev–Trinajstić information content (AvgIpc) is 2.76. The van der Waals surface area contributed by atoms with E-state index in [-0.39, 0.29) is 42.5 Å². The van der Waals surface area contributed by atoms with Crippen molar-refractivity contribution < 1.29 is 35.9 Å². The molecule has 32 heavy (non-hydrogen) atoms. The second-order valence-electron chi connectivity index (χ2n) is 7.34. The van der Waals surface area contributed by atoms with Crippen molar-refractivity contribution in [1.82, 2.24) is 14.2 Å². The maximum atomic E-state index is 13.0. The zero-order valence-electron chi connectivity index (χ0n) is 16.8. The lowest BCUT2D eigenvalue weighted by atomic mass is 10.1. The van der Waals surface area contributed by atoms with Crippen molar-refractivity contribution in [3.05, 3.63) is 53.7 Å². The zero-order valence-corrected chi connectivity index (χ0v) is 17.6. The molecule has 0 bridgehead atoms. The van der Waals surface area contributed by atoms with Crippen molar-refractivity contribution in [2.24, 2.45) is 0 Å². The summed E-state index contributed by atoms with van der Waals surface area (Å²) in [6.45, 7) is 1.39. The van der Waals surface area contributed by atoms with E-state index in [1.54, 1.807) is 0 Å². The van der Waals surface area contributed by atoms with E-state index in [0.717, 1.165) is 6.07 Å². The normalized spacial score (nSPS) is 18.3. The molecule has 8 nitrogen and oxygen atoms in total. The molecule has 12 heteroatoms. The second-order valence-corrected chi connectivity index (χ2v) is 9.28. The smallest absolute Gasteiger partial charge is 0.421 e. The SMILES string of the molecule is O=C(c1ccc(S(=O)(=O)N2CCOCC2)cc1)N1CC(Oc2ncccc2C(F)(F)F)C1. The number of hydrogen-bond acceptors (Lipinski definition) is 6. The van der Waals surface area contributed by atoms with Crippen LogP contribution in [0.1, 0.15) is 15.9 Å². The van der Waals surface area contributed by atoms with Gasteiger partial charge in [-0.05, 0) is 36.4 Å². The van der Waals surface area contributed by atoms with Crippen LogP contribution in [0.15, 0.2) is 47.5 Å². The Balaban J connectivity index is 1.37. The van der Waals surface area contributed by atoms with Crippen LogP contribution in [0.3, 0.4) is 0 Å². The van der Waals surface area contributed by atoms with Crippen molar-refractivity contribution >= 4 is 15.9 Å². The topological polar surface area (TPSA) is 89.0 Å². The van der Waals surface area contributed by atoms with Gasteiger partial charge in [0.25, 0.3) is 5.91 Å². The number of sulfonamides is 1. The van der Waals surface area contributed by atoms with Gasteiger partial charge >= 0.3 is 6.18 Å². The number of likely N-dealkylation sites (tertiary alicyclic amines) is 1. The first-order valence-electron chi connectivity index (χ1n) is 9.82. The number of aromatic nitrogens is 1. The van der Waals surface area contributed by atoms with Crippen molar-refractivity contribution in [3.8, 4) is 5.88 Å². The third kappa shape index (κ3) is 4.57. The number of nitrogens with zero attached hydrogens (tertiary/aromatic N) is 3. The van der Waals surface area contributed by atoms with Crippen LogP contribution in [0, 0.1) is 0 Å². The van der Waals surface area contributed by atoms with E-state index in [9.17, 15) is 26.4 Å². The van der Waals surface area contributed by atoms with Gasteiger partial charge in [-0.25, -0.2) is 13.4 Å². The number of amides is 1. The van der Waals surface area contributed by atoms with Crippen LogP contribution in [0.2, 0.25) is 0 Å².